The van der Waals surface area contributed by atoms with Crippen LogP contribution in [0.5, 0.6) is 11.5 Å². The van der Waals surface area contributed by atoms with E-state index in [-0.39, 0.29) is 12.3 Å². The second-order valence-electron chi connectivity index (χ2n) is 6.77. The normalized spacial score (nSPS) is 12.1. The van der Waals surface area contributed by atoms with E-state index in [1.807, 2.05) is 48.3 Å². The molecule has 5 rings (SSSR count). The lowest BCUT2D eigenvalue weighted by atomic mass is 9.98. The Kier molecular flexibility index (Phi) is 4.32. The molecule has 1 aliphatic heterocycles. The fourth-order valence-corrected chi connectivity index (χ4v) is 4.25. The summed E-state index contributed by atoms with van der Waals surface area (Å²) >= 11 is 1.56. The number of nitrogens with zero attached hydrogens (tertiary/aromatic N) is 4. The van der Waals surface area contributed by atoms with Gasteiger partial charge in [0.2, 0.25) is 0 Å². The molecule has 0 aliphatic carbocycles. The lowest BCUT2D eigenvalue weighted by Gasteiger charge is -2.21. The predicted molar refractivity (Wildman–Crippen MR) is 111 cm³/mol. The number of hydrogen-bond donors (Lipinski definition) is 0. The molecule has 152 valence electrons. The SMILES string of the molecule is COC(=O)c1nn(-c2ccsc2)c2c1COc1cc(OC)c(-c3ccn(C)n3)cc1-2. The summed E-state index contributed by atoms with van der Waals surface area (Å²) < 4.78 is 20.1. The Morgan fingerprint density at radius 2 is 2.07 bits per heavy atom. The molecule has 3 aromatic heterocycles. The highest BCUT2D eigenvalue weighted by Gasteiger charge is 2.32. The average Bonchev–Trinajstić information content (AvgIpc) is 3.51. The number of benzene rings is 1. The molecule has 0 spiro atoms. The zero-order valence-electron chi connectivity index (χ0n) is 16.6. The van der Waals surface area contributed by atoms with Crippen LogP contribution in [0.2, 0.25) is 0 Å². The summed E-state index contributed by atoms with van der Waals surface area (Å²) in [6, 6.07) is 7.70. The molecule has 4 aromatic rings. The van der Waals surface area contributed by atoms with Gasteiger partial charge in [-0.15, -0.1) is 0 Å². The van der Waals surface area contributed by atoms with Gasteiger partial charge in [0.1, 0.15) is 18.1 Å². The van der Waals surface area contributed by atoms with Crippen molar-refractivity contribution in [1.29, 1.82) is 0 Å². The molecule has 0 N–H and O–H groups in total. The minimum atomic E-state index is -0.495. The van der Waals surface area contributed by atoms with Crippen molar-refractivity contribution in [3.05, 3.63) is 52.5 Å². The van der Waals surface area contributed by atoms with Gasteiger partial charge in [0.25, 0.3) is 0 Å². The number of hydrogen-bond acceptors (Lipinski definition) is 7. The molecule has 0 amide bonds. The third-order valence-corrected chi connectivity index (χ3v) is 5.70. The first-order chi connectivity index (χ1) is 14.6. The third-order valence-electron chi connectivity index (χ3n) is 5.03. The standard InChI is InChI=1S/C21H18N4O4S/c1-24-6-4-16(22-24)13-8-14-18(9-17(13)27-2)29-10-15-19(21(26)28-3)23-25(20(14)15)12-5-7-30-11-12/h4-9,11H,10H2,1-3H3. The van der Waals surface area contributed by atoms with E-state index >= 15 is 0 Å². The van der Waals surface area contributed by atoms with Gasteiger partial charge in [-0.25, -0.2) is 9.48 Å². The zero-order valence-corrected chi connectivity index (χ0v) is 17.4. The van der Waals surface area contributed by atoms with Crippen LogP contribution in [0.1, 0.15) is 16.1 Å². The molecule has 0 radical (unpaired) electrons. The number of fused-ring (bicyclic) bond motifs is 3. The number of esters is 1. The van der Waals surface area contributed by atoms with Gasteiger partial charge in [-0.3, -0.25) is 4.68 Å². The van der Waals surface area contributed by atoms with Crippen LogP contribution in [0.25, 0.3) is 28.2 Å². The van der Waals surface area contributed by atoms with Crippen LogP contribution in [0, 0.1) is 0 Å². The van der Waals surface area contributed by atoms with Gasteiger partial charge in [-0.05, 0) is 23.6 Å². The second-order valence-corrected chi connectivity index (χ2v) is 7.55. The van der Waals surface area contributed by atoms with Crippen LogP contribution < -0.4 is 9.47 Å². The zero-order chi connectivity index (χ0) is 20.8. The van der Waals surface area contributed by atoms with Crippen LogP contribution in [0.3, 0.4) is 0 Å². The Hall–Kier alpha value is -3.59. The Bertz CT molecular complexity index is 1260. The molecule has 0 unspecified atom stereocenters. The maximum absolute atomic E-state index is 12.4. The van der Waals surface area contributed by atoms with E-state index in [4.69, 9.17) is 14.2 Å². The van der Waals surface area contributed by atoms with Gasteiger partial charge in [-0.1, -0.05) is 0 Å². The number of aryl methyl sites for hydroxylation is 1. The highest BCUT2D eigenvalue weighted by molar-refractivity contribution is 7.08. The van der Waals surface area contributed by atoms with E-state index in [1.54, 1.807) is 27.8 Å². The number of methoxy groups -OCH3 is 2. The molecule has 30 heavy (non-hydrogen) atoms. The number of thiophene rings is 1. The minimum Gasteiger partial charge on any atom is -0.496 e. The van der Waals surface area contributed by atoms with Crippen molar-refractivity contribution >= 4 is 17.3 Å². The molecule has 8 nitrogen and oxygen atoms in total. The Morgan fingerprint density at radius 1 is 1.20 bits per heavy atom. The van der Waals surface area contributed by atoms with E-state index in [9.17, 15) is 4.79 Å². The van der Waals surface area contributed by atoms with E-state index in [1.165, 1.54) is 7.11 Å². The van der Waals surface area contributed by atoms with Crippen LogP contribution >= 0.6 is 11.3 Å². The molecule has 0 saturated heterocycles. The Labute approximate surface area is 176 Å². The Morgan fingerprint density at radius 3 is 2.73 bits per heavy atom. The summed E-state index contributed by atoms with van der Waals surface area (Å²) in [7, 11) is 4.83. The minimum absolute atomic E-state index is 0.211. The van der Waals surface area contributed by atoms with Gasteiger partial charge >= 0.3 is 5.97 Å². The molecule has 4 heterocycles. The van der Waals surface area contributed by atoms with Crippen molar-refractivity contribution in [1.82, 2.24) is 19.6 Å². The summed E-state index contributed by atoms with van der Waals surface area (Å²) in [5.74, 6) is 0.822. The number of carbonyl (C=O) groups excluding carboxylic acids is 1. The molecule has 0 fully saturated rings. The van der Waals surface area contributed by atoms with Gasteiger partial charge in [0, 0.05) is 35.8 Å². The summed E-state index contributed by atoms with van der Waals surface area (Å²) in [6.07, 6.45) is 1.88. The van der Waals surface area contributed by atoms with Gasteiger partial charge < -0.3 is 14.2 Å². The number of carbonyl (C=O) groups is 1. The molecular weight excluding hydrogens is 404 g/mol. The monoisotopic (exact) mass is 422 g/mol. The maximum atomic E-state index is 12.4. The summed E-state index contributed by atoms with van der Waals surface area (Å²) in [5, 5.41) is 13.0. The van der Waals surface area contributed by atoms with Gasteiger partial charge in [0.05, 0.1) is 36.9 Å². The van der Waals surface area contributed by atoms with E-state index in [2.05, 4.69) is 10.2 Å². The molecule has 1 aromatic carbocycles. The van der Waals surface area contributed by atoms with Crippen LogP contribution in [-0.2, 0) is 18.4 Å². The number of aromatic nitrogens is 4. The fraction of sp³-hybridized carbons (Fsp3) is 0.190. The number of ether oxygens (including phenoxy) is 3. The van der Waals surface area contributed by atoms with Crippen molar-refractivity contribution in [2.24, 2.45) is 7.05 Å². The van der Waals surface area contributed by atoms with Gasteiger partial charge in [0.15, 0.2) is 5.69 Å². The van der Waals surface area contributed by atoms with E-state index in [0.717, 1.165) is 28.2 Å². The van der Waals surface area contributed by atoms with Crippen LogP contribution in [0.4, 0.5) is 0 Å². The first kappa shape index (κ1) is 18.4. The van der Waals surface area contributed by atoms with E-state index < -0.39 is 5.97 Å². The van der Waals surface area contributed by atoms with Crippen molar-refractivity contribution in [2.45, 2.75) is 6.61 Å². The highest BCUT2D eigenvalue weighted by atomic mass is 32.1. The highest BCUT2D eigenvalue weighted by Crippen LogP contribution is 2.45. The third kappa shape index (κ3) is 2.78. The van der Waals surface area contributed by atoms with Crippen molar-refractivity contribution < 1.29 is 19.0 Å². The molecular formula is C21H18N4O4S. The van der Waals surface area contributed by atoms with Crippen LogP contribution in [0.15, 0.2) is 41.2 Å². The van der Waals surface area contributed by atoms with Crippen LogP contribution in [-0.4, -0.2) is 39.7 Å². The molecule has 0 saturated carbocycles. The van der Waals surface area contributed by atoms with Crippen molar-refractivity contribution in [3.63, 3.8) is 0 Å². The summed E-state index contributed by atoms with van der Waals surface area (Å²) in [5.41, 5.74) is 5.03. The summed E-state index contributed by atoms with van der Waals surface area (Å²) in [6.45, 7) is 0.211. The Balaban J connectivity index is 1.79. The molecule has 9 heteroatoms. The maximum Gasteiger partial charge on any atom is 0.359 e. The largest absolute Gasteiger partial charge is 0.496 e. The topological polar surface area (TPSA) is 80.4 Å². The average molecular weight is 422 g/mol. The van der Waals surface area contributed by atoms with Gasteiger partial charge in [-0.2, -0.15) is 21.5 Å². The molecule has 1 aliphatic rings. The smallest absolute Gasteiger partial charge is 0.359 e. The quantitative estimate of drug-likeness (QED) is 0.467. The second kappa shape index (κ2) is 7.03. The lowest BCUT2D eigenvalue weighted by Crippen LogP contribution is -2.11. The fourth-order valence-electron chi connectivity index (χ4n) is 3.63. The number of rotatable bonds is 4. The summed E-state index contributed by atoms with van der Waals surface area (Å²) in [4.78, 5) is 12.4. The first-order valence-electron chi connectivity index (χ1n) is 9.18. The molecule has 0 bridgehead atoms. The van der Waals surface area contributed by atoms with E-state index in [0.29, 0.717) is 17.1 Å². The van der Waals surface area contributed by atoms with Crippen molar-refractivity contribution in [2.75, 3.05) is 14.2 Å². The predicted octanol–water partition coefficient (Wildman–Crippen LogP) is 3.69. The van der Waals surface area contributed by atoms with Crippen molar-refractivity contribution in [3.8, 4) is 39.7 Å². The first-order valence-corrected chi connectivity index (χ1v) is 10.1. The lowest BCUT2D eigenvalue weighted by molar-refractivity contribution is 0.0590. The molecule has 0 atom stereocenters.